The molecule has 1 unspecified atom stereocenters. The van der Waals surface area contributed by atoms with Crippen LogP contribution in [0.4, 0.5) is 11.6 Å². The Kier molecular flexibility index (Phi) is 9.18. The number of ether oxygens (including phenoxy) is 1. The number of aromatic nitrogens is 2. The zero-order valence-electron chi connectivity index (χ0n) is 21.5. The maximum Gasteiger partial charge on any atom is 0.163 e. The number of hydrogen-bond donors (Lipinski definition) is 3. The Bertz CT molecular complexity index is 915. The minimum Gasteiger partial charge on any atom is -0.491 e. The molecule has 1 aromatic heterocycles. The summed E-state index contributed by atoms with van der Waals surface area (Å²) in [5.74, 6) is 3.40. The SMILES string of the molecule is CC[C@H]1CN(c2cc(N(C)C3CCCCC3)nc(-c3cccc(OCC(O)CNC)c3)n2)CCN1. The highest BCUT2D eigenvalue weighted by Crippen LogP contribution is 2.30. The van der Waals surface area contributed by atoms with Gasteiger partial charge in [-0.3, -0.25) is 0 Å². The van der Waals surface area contributed by atoms with Crippen LogP contribution in [0, 0.1) is 0 Å². The summed E-state index contributed by atoms with van der Waals surface area (Å²) in [5.41, 5.74) is 0.924. The van der Waals surface area contributed by atoms with Gasteiger partial charge in [0.2, 0.25) is 0 Å². The van der Waals surface area contributed by atoms with Crippen molar-refractivity contribution < 1.29 is 9.84 Å². The molecule has 2 atom stereocenters. The van der Waals surface area contributed by atoms with Crippen LogP contribution in [0.1, 0.15) is 45.4 Å². The van der Waals surface area contributed by atoms with Crippen molar-refractivity contribution in [1.29, 1.82) is 0 Å². The molecule has 8 heteroatoms. The van der Waals surface area contributed by atoms with Gasteiger partial charge >= 0.3 is 0 Å². The predicted octanol–water partition coefficient (Wildman–Crippen LogP) is 3.06. The normalized spacial score (nSPS) is 20.0. The van der Waals surface area contributed by atoms with E-state index in [0.29, 0.717) is 30.2 Å². The third-order valence-electron chi connectivity index (χ3n) is 7.23. The fourth-order valence-corrected chi connectivity index (χ4v) is 5.07. The largest absolute Gasteiger partial charge is 0.491 e. The maximum absolute atomic E-state index is 10.0. The number of rotatable bonds is 10. The first-order chi connectivity index (χ1) is 17.1. The van der Waals surface area contributed by atoms with Gasteiger partial charge in [0, 0.05) is 56.9 Å². The molecule has 1 saturated heterocycles. The van der Waals surface area contributed by atoms with E-state index in [1.165, 1.54) is 32.1 Å². The van der Waals surface area contributed by atoms with E-state index in [4.69, 9.17) is 14.7 Å². The number of aliphatic hydroxyl groups is 1. The van der Waals surface area contributed by atoms with Gasteiger partial charge in [-0.2, -0.15) is 0 Å². The molecular formula is C27H42N6O2. The number of aliphatic hydroxyl groups excluding tert-OH is 1. The highest BCUT2D eigenvalue weighted by Gasteiger charge is 2.24. The third kappa shape index (κ3) is 6.84. The summed E-state index contributed by atoms with van der Waals surface area (Å²) in [4.78, 5) is 14.8. The predicted molar refractivity (Wildman–Crippen MR) is 142 cm³/mol. The molecule has 2 aromatic rings. The number of hydrogen-bond acceptors (Lipinski definition) is 8. The average Bonchev–Trinajstić information content (AvgIpc) is 2.92. The number of nitrogens with one attached hydrogen (secondary N) is 2. The van der Waals surface area contributed by atoms with Crippen LogP contribution >= 0.6 is 0 Å². The van der Waals surface area contributed by atoms with E-state index in [1.807, 2.05) is 31.3 Å². The van der Waals surface area contributed by atoms with Gasteiger partial charge in [-0.25, -0.2) is 9.97 Å². The zero-order valence-corrected chi connectivity index (χ0v) is 21.5. The van der Waals surface area contributed by atoms with E-state index in [9.17, 15) is 5.11 Å². The molecule has 3 N–H and O–H groups in total. The molecule has 2 heterocycles. The van der Waals surface area contributed by atoms with Crippen molar-refractivity contribution in [2.45, 2.75) is 63.6 Å². The quantitative estimate of drug-likeness (QED) is 0.477. The molecule has 2 fully saturated rings. The minimum atomic E-state index is -0.557. The Labute approximate surface area is 210 Å². The molecule has 0 bridgehead atoms. The second kappa shape index (κ2) is 12.5. The van der Waals surface area contributed by atoms with Gasteiger partial charge in [0.05, 0.1) is 0 Å². The number of benzene rings is 1. The van der Waals surface area contributed by atoms with Gasteiger partial charge in [-0.15, -0.1) is 0 Å². The van der Waals surface area contributed by atoms with Crippen LogP contribution in [-0.2, 0) is 0 Å². The van der Waals surface area contributed by atoms with Crippen molar-refractivity contribution in [3.05, 3.63) is 30.3 Å². The van der Waals surface area contributed by atoms with E-state index in [0.717, 1.165) is 43.3 Å². The second-order valence-corrected chi connectivity index (χ2v) is 9.87. The van der Waals surface area contributed by atoms with E-state index in [1.54, 1.807) is 0 Å². The van der Waals surface area contributed by atoms with E-state index in [-0.39, 0.29) is 6.61 Å². The molecule has 35 heavy (non-hydrogen) atoms. The fraction of sp³-hybridized carbons (Fsp3) is 0.630. The topological polar surface area (TPSA) is 85.8 Å². The molecule has 0 amide bonds. The molecule has 192 valence electrons. The van der Waals surface area contributed by atoms with Crippen LogP contribution in [0.3, 0.4) is 0 Å². The van der Waals surface area contributed by atoms with E-state index >= 15 is 0 Å². The number of nitrogens with zero attached hydrogens (tertiary/aromatic N) is 4. The number of anilines is 2. The van der Waals surface area contributed by atoms with Crippen LogP contribution in [0.5, 0.6) is 5.75 Å². The van der Waals surface area contributed by atoms with Crippen molar-refractivity contribution in [3.63, 3.8) is 0 Å². The highest BCUT2D eigenvalue weighted by molar-refractivity contribution is 5.64. The van der Waals surface area contributed by atoms with Gasteiger partial charge in [-0.05, 0) is 38.4 Å². The lowest BCUT2D eigenvalue weighted by atomic mass is 9.94. The van der Waals surface area contributed by atoms with Crippen LogP contribution in [0.15, 0.2) is 30.3 Å². The molecule has 1 aromatic carbocycles. The summed E-state index contributed by atoms with van der Waals surface area (Å²) in [6.07, 6.45) is 6.88. The Morgan fingerprint density at radius 2 is 2.06 bits per heavy atom. The first kappa shape index (κ1) is 25.7. The van der Waals surface area contributed by atoms with Crippen molar-refractivity contribution in [1.82, 2.24) is 20.6 Å². The monoisotopic (exact) mass is 482 g/mol. The molecule has 1 saturated carbocycles. The lowest BCUT2D eigenvalue weighted by molar-refractivity contribution is 0.108. The fourth-order valence-electron chi connectivity index (χ4n) is 5.07. The van der Waals surface area contributed by atoms with Gasteiger partial charge < -0.3 is 30.3 Å². The number of likely N-dealkylation sites (N-methyl/N-ethyl adjacent to an activating group) is 1. The van der Waals surface area contributed by atoms with Crippen LogP contribution in [0.25, 0.3) is 11.4 Å². The standard InChI is InChI=1S/C27H42N6O2/c1-4-21-18-33(14-13-29-21)26-16-25(32(3)22-10-6-5-7-11-22)30-27(31-26)20-9-8-12-24(15-20)35-19-23(34)17-28-2/h8-9,12,15-16,21-23,28-29,34H,4-7,10-11,13-14,17-19H2,1-3H3/t21-,23?/m0/s1. The molecule has 0 radical (unpaired) electrons. The Balaban J connectivity index is 1.63. The second-order valence-electron chi connectivity index (χ2n) is 9.87. The highest BCUT2D eigenvalue weighted by atomic mass is 16.5. The Morgan fingerprint density at radius 1 is 1.23 bits per heavy atom. The van der Waals surface area contributed by atoms with Gasteiger partial charge in [0.25, 0.3) is 0 Å². The third-order valence-corrected chi connectivity index (χ3v) is 7.23. The van der Waals surface area contributed by atoms with Gasteiger partial charge in [-0.1, -0.05) is 38.3 Å². The van der Waals surface area contributed by atoms with Crippen molar-refractivity contribution >= 4 is 11.6 Å². The van der Waals surface area contributed by atoms with Gasteiger partial charge in [0.15, 0.2) is 5.82 Å². The summed E-state index contributed by atoms with van der Waals surface area (Å²) in [6, 6.07) is 11.1. The molecule has 4 rings (SSSR count). The van der Waals surface area contributed by atoms with Crippen molar-refractivity contribution in [3.8, 4) is 17.1 Å². The summed E-state index contributed by atoms with van der Waals surface area (Å²) < 4.78 is 5.86. The van der Waals surface area contributed by atoms with E-state index in [2.05, 4.69) is 40.5 Å². The van der Waals surface area contributed by atoms with Crippen LogP contribution in [0.2, 0.25) is 0 Å². The summed E-state index contributed by atoms with van der Waals surface area (Å²) in [6.45, 7) is 5.81. The molecular weight excluding hydrogens is 440 g/mol. The van der Waals surface area contributed by atoms with Gasteiger partial charge in [0.1, 0.15) is 30.1 Å². The molecule has 2 aliphatic rings. The first-order valence-electron chi connectivity index (χ1n) is 13.2. The lowest BCUT2D eigenvalue weighted by Crippen LogP contribution is -2.50. The zero-order chi connectivity index (χ0) is 24.6. The van der Waals surface area contributed by atoms with Crippen LogP contribution in [-0.4, -0.2) is 80.1 Å². The molecule has 1 aliphatic carbocycles. The molecule has 1 aliphatic heterocycles. The average molecular weight is 483 g/mol. The number of piperazine rings is 1. The smallest absolute Gasteiger partial charge is 0.163 e. The van der Waals surface area contributed by atoms with Crippen molar-refractivity contribution in [2.75, 3.05) is 56.7 Å². The summed E-state index contributed by atoms with van der Waals surface area (Å²) in [5, 5.41) is 16.6. The molecule has 0 spiro atoms. The maximum atomic E-state index is 10.0. The summed E-state index contributed by atoms with van der Waals surface area (Å²) >= 11 is 0. The first-order valence-corrected chi connectivity index (χ1v) is 13.2. The van der Waals surface area contributed by atoms with Crippen LogP contribution < -0.4 is 25.2 Å². The van der Waals surface area contributed by atoms with E-state index < -0.39 is 6.10 Å². The van der Waals surface area contributed by atoms with Crippen molar-refractivity contribution in [2.24, 2.45) is 0 Å². The Hall–Kier alpha value is -2.42. The molecule has 8 nitrogen and oxygen atoms in total. The summed E-state index contributed by atoms with van der Waals surface area (Å²) in [7, 11) is 4.00. The minimum absolute atomic E-state index is 0.236. The Morgan fingerprint density at radius 3 is 2.83 bits per heavy atom. The lowest BCUT2D eigenvalue weighted by Gasteiger charge is -2.36.